The Morgan fingerprint density at radius 1 is 1.40 bits per heavy atom. The highest BCUT2D eigenvalue weighted by Crippen LogP contribution is 2.16. The van der Waals surface area contributed by atoms with Gasteiger partial charge in [-0.3, -0.25) is 0 Å². The number of hydrogen-bond acceptors (Lipinski definition) is 1. The molecule has 1 aliphatic heterocycles. The molecule has 1 N–H and O–H groups in total. The molecule has 0 atom stereocenters. The van der Waals surface area contributed by atoms with Crippen molar-refractivity contribution in [1.82, 2.24) is 5.32 Å². The summed E-state index contributed by atoms with van der Waals surface area (Å²) in [5.41, 5.74) is 0. The van der Waals surface area contributed by atoms with Gasteiger partial charge in [0.1, 0.15) is 0 Å². The van der Waals surface area contributed by atoms with Crippen molar-refractivity contribution in [3.05, 3.63) is 0 Å². The standard InChI is InChI=1S/C9H15N/c1-2-3-4-9-5-7-10-8-6-9/h1,9-10H,3-8H2. The third-order valence-corrected chi connectivity index (χ3v) is 2.16. The summed E-state index contributed by atoms with van der Waals surface area (Å²) < 4.78 is 0. The summed E-state index contributed by atoms with van der Waals surface area (Å²) in [5, 5.41) is 3.34. The number of piperidine rings is 1. The van der Waals surface area contributed by atoms with Crippen molar-refractivity contribution < 1.29 is 0 Å². The van der Waals surface area contributed by atoms with E-state index in [-0.39, 0.29) is 0 Å². The highest BCUT2D eigenvalue weighted by atomic mass is 14.9. The van der Waals surface area contributed by atoms with Crippen molar-refractivity contribution >= 4 is 0 Å². The fraction of sp³-hybridized carbons (Fsp3) is 0.778. The summed E-state index contributed by atoms with van der Waals surface area (Å²) in [7, 11) is 0. The Labute approximate surface area is 63.2 Å². The van der Waals surface area contributed by atoms with E-state index in [1.165, 1.54) is 32.4 Å². The smallest absolute Gasteiger partial charge is 0.00887 e. The van der Waals surface area contributed by atoms with Crippen LogP contribution in [0.15, 0.2) is 0 Å². The minimum atomic E-state index is 0.900. The second kappa shape index (κ2) is 4.35. The molecule has 56 valence electrons. The van der Waals surface area contributed by atoms with Gasteiger partial charge in [0, 0.05) is 6.42 Å². The molecule has 1 saturated heterocycles. The van der Waals surface area contributed by atoms with Gasteiger partial charge in [-0.25, -0.2) is 0 Å². The van der Waals surface area contributed by atoms with Gasteiger partial charge in [-0.15, -0.1) is 12.3 Å². The molecule has 0 aliphatic carbocycles. The van der Waals surface area contributed by atoms with E-state index < -0.39 is 0 Å². The molecular formula is C9H15N. The largest absolute Gasteiger partial charge is 0.317 e. The summed E-state index contributed by atoms with van der Waals surface area (Å²) in [5.74, 6) is 3.59. The molecule has 0 aromatic rings. The van der Waals surface area contributed by atoms with Gasteiger partial charge in [0.25, 0.3) is 0 Å². The first-order valence-corrected chi connectivity index (χ1v) is 4.07. The topological polar surface area (TPSA) is 12.0 Å². The fourth-order valence-electron chi connectivity index (χ4n) is 1.46. The van der Waals surface area contributed by atoms with Crippen LogP contribution >= 0.6 is 0 Å². The second-order valence-electron chi connectivity index (χ2n) is 2.94. The first-order chi connectivity index (χ1) is 4.93. The summed E-state index contributed by atoms with van der Waals surface area (Å²) in [4.78, 5) is 0. The van der Waals surface area contributed by atoms with E-state index in [0.29, 0.717) is 0 Å². The third kappa shape index (κ3) is 2.41. The summed E-state index contributed by atoms with van der Waals surface area (Å²) in [6.45, 7) is 2.38. The minimum Gasteiger partial charge on any atom is -0.317 e. The molecule has 1 aliphatic rings. The quantitative estimate of drug-likeness (QED) is 0.567. The summed E-state index contributed by atoms with van der Waals surface area (Å²) >= 11 is 0. The fourth-order valence-corrected chi connectivity index (χ4v) is 1.46. The van der Waals surface area contributed by atoms with E-state index in [1.807, 2.05) is 0 Å². The van der Waals surface area contributed by atoms with Gasteiger partial charge in [0.2, 0.25) is 0 Å². The van der Waals surface area contributed by atoms with Crippen molar-refractivity contribution in [2.45, 2.75) is 25.7 Å². The summed E-state index contributed by atoms with van der Waals surface area (Å²) in [6.07, 6.45) is 10.0. The lowest BCUT2D eigenvalue weighted by atomic mass is 9.93. The van der Waals surface area contributed by atoms with Crippen LogP contribution in [0, 0.1) is 18.3 Å². The molecule has 1 rings (SSSR count). The van der Waals surface area contributed by atoms with Crippen molar-refractivity contribution in [1.29, 1.82) is 0 Å². The average Bonchev–Trinajstić information content (AvgIpc) is 2.03. The number of rotatable bonds is 2. The van der Waals surface area contributed by atoms with Crippen LogP contribution in [-0.2, 0) is 0 Å². The van der Waals surface area contributed by atoms with Gasteiger partial charge in [-0.2, -0.15) is 0 Å². The van der Waals surface area contributed by atoms with E-state index in [0.717, 1.165) is 12.3 Å². The van der Waals surface area contributed by atoms with E-state index >= 15 is 0 Å². The van der Waals surface area contributed by atoms with E-state index in [9.17, 15) is 0 Å². The maximum atomic E-state index is 5.18. The lowest BCUT2D eigenvalue weighted by Crippen LogP contribution is -2.27. The van der Waals surface area contributed by atoms with Crippen LogP contribution in [0.1, 0.15) is 25.7 Å². The van der Waals surface area contributed by atoms with Crippen LogP contribution in [0.5, 0.6) is 0 Å². The maximum Gasteiger partial charge on any atom is 0.00887 e. The Kier molecular flexibility index (Phi) is 3.32. The zero-order valence-electron chi connectivity index (χ0n) is 6.40. The van der Waals surface area contributed by atoms with Crippen LogP contribution in [0.4, 0.5) is 0 Å². The summed E-state index contributed by atoms with van der Waals surface area (Å²) in [6, 6.07) is 0. The predicted molar refractivity (Wildman–Crippen MR) is 43.7 cm³/mol. The lowest BCUT2D eigenvalue weighted by molar-refractivity contribution is 0.358. The molecule has 10 heavy (non-hydrogen) atoms. The van der Waals surface area contributed by atoms with Gasteiger partial charge < -0.3 is 5.32 Å². The van der Waals surface area contributed by atoms with E-state index in [2.05, 4.69) is 11.2 Å². The van der Waals surface area contributed by atoms with Crippen molar-refractivity contribution in [3.63, 3.8) is 0 Å². The first kappa shape index (κ1) is 7.63. The van der Waals surface area contributed by atoms with Crippen molar-refractivity contribution in [2.24, 2.45) is 5.92 Å². The predicted octanol–water partition coefficient (Wildman–Crippen LogP) is 1.40. The van der Waals surface area contributed by atoms with Crippen LogP contribution < -0.4 is 5.32 Å². The Morgan fingerprint density at radius 2 is 2.10 bits per heavy atom. The average molecular weight is 137 g/mol. The van der Waals surface area contributed by atoms with Crippen molar-refractivity contribution in [2.75, 3.05) is 13.1 Å². The first-order valence-electron chi connectivity index (χ1n) is 4.07. The molecule has 0 unspecified atom stereocenters. The number of nitrogens with one attached hydrogen (secondary N) is 1. The van der Waals surface area contributed by atoms with Gasteiger partial charge in [-0.1, -0.05) is 0 Å². The molecule has 1 heterocycles. The molecule has 0 aromatic carbocycles. The molecular weight excluding hydrogens is 122 g/mol. The van der Waals surface area contributed by atoms with Crippen LogP contribution in [0.2, 0.25) is 0 Å². The Morgan fingerprint density at radius 3 is 2.70 bits per heavy atom. The molecule has 1 fully saturated rings. The zero-order chi connectivity index (χ0) is 7.23. The number of terminal acetylenes is 1. The van der Waals surface area contributed by atoms with Crippen LogP contribution in [0.25, 0.3) is 0 Å². The molecule has 1 heteroatoms. The third-order valence-electron chi connectivity index (χ3n) is 2.16. The molecule has 0 amide bonds. The Hall–Kier alpha value is -0.480. The molecule has 0 saturated carbocycles. The second-order valence-corrected chi connectivity index (χ2v) is 2.94. The van der Waals surface area contributed by atoms with E-state index in [4.69, 9.17) is 6.42 Å². The monoisotopic (exact) mass is 137 g/mol. The number of hydrogen-bond donors (Lipinski definition) is 1. The van der Waals surface area contributed by atoms with Gasteiger partial charge in [0.05, 0.1) is 0 Å². The molecule has 1 nitrogen and oxygen atoms in total. The SMILES string of the molecule is C#CCCC1CCNCC1. The Bertz CT molecular complexity index is 117. The van der Waals surface area contributed by atoms with Crippen molar-refractivity contribution in [3.8, 4) is 12.3 Å². The highest BCUT2D eigenvalue weighted by molar-refractivity contribution is 4.85. The zero-order valence-corrected chi connectivity index (χ0v) is 6.40. The molecule has 0 spiro atoms. The minimum absolute atomic E-state index is 0.900. The van der Waals surface area contributed by atoms with E-state index in [1.54, 1.807) is 0 Å². The Balaban J connectivity index is 2.09. The van der Waals surface area contributed by atoms with Gasteiger partial charge in [-0.05, 0) is 38.3 Å². The normalized spacial score (nSPS) is 20.3. The lowest BCUT2D eigenvalue weighted by Gasteiger charge is -2.21. The van der Waals surface area contributed by atoms with Gasteiger partial charge in [0.15, 0.2) is 0 Å². The highest BCUT2D eigenvalue weighted by Gasteiger charge is 2.10. The molecule has 0 aromatic heterocycles. The van der Waals surface area contributed by atoms with Crippen LogP contribution in [-0.4, -0.2) is 13.1 Å². The molecule has 0 radical (unpaired) electrons. The van der Waals surface area contributed by atoms with Gasteiger partial charge >= 0.3 is 0 Å². The molecule has 0 bridgehead atoms. The van der Waals surface area contributed by atoms with Crippen LogP contribution in [0.3, 0.4) is 0 Å². The maximum absolute atomic E-state index is 5.18.